The van der Waals surface area contributed by atoms with Crippen LogP contribution in [0.3, 0.4) is 0 Å². The van der Waals surface area contributed by atoms with Gasteiger partial charge in [0.05, 0.1) is 20.3 Å². The van der Waals surface area contributed by atoms with E-state index in [-0.39, 0.29) is 24.5 Å². The molecule has 0 bridgehead atoms. The van der Waals surface area contributed by atoms with Gasteiger partial charge in [0.15, 0.2) is 6.61 Å². The predicted octanol–water partition coefficient (Wildman–Crippen LogP) is 1.22. The van der Waals surface area contributed by atoms with Crippen LogP contribution in [-0.4, -0.2) is 67.7 Å². The molecule has 0 aromatic heterocycles. The van der Waals surface area contributed by atoms with E-state index in [1.807, 2.05) is 12.1 Å². The molecule has 8 heteroatoms. The van der Waals surface area contributed by atoms with Crippen LogP contribution in [0.2, 0.25) is 0 Å². The van der Waals surface area contributed by atoms with Gasteiger partial charge >= 0.3 is 6.09 Å². The van der Waals surface area contributed by atoms with Crippen LogP contribution >= 0.6 is 0 Å². The maximum Gasteiger partial charge on any atom is 0.417 e. The standard InChI is InChI=1S/C18H22N2O6/c1-24-14-5-3-12(15(9-14)25-2)4-6-16(21)19-8-7-13(10-19)20-17(22)11-26-18(20)23/h3,5,9,13H,4,6-8,10-11H2,1-2H3. The third-order valence-electron chi connectivity index (χ3n) is 4.77. The second kappa shape index (κ2) is 7.63. The first-order chi connectivity index (χ1) is 12.5. The first kappa shape index (κ1) is 18.0. The van der Waals surface area contributed by atoms with Crippen LogP contribution in [0.25, 0.3) is 0 Å². The van der Waals surface area contributed by atoms with Gasteiger partial charge in [0.2, 0.25) is 5.91 Å². The van der Waals surface area contributed by atoms with Crippen molar-refractivity contribution in [3.63, 3.8) is 0 Å². The van der Waals surface area contributed by atoms with Crippen molar-refractivity contribution in [3.8, 4) is 11.5 Å². The summed E-state index contributed by atoms with van der Waals surface area (Å²) in [4.78, 5) is 38.7. The molecule has 140 valence electrons. The molecule has 1 aromatic carbocycles. The second-order valence-electron chi connectivity index (χ2n) is 6.28. The van der Waals surface area contributed by atoms with Crippen LogP contribution in [0.5, 0.6) is 11.5 Å². The van der Waals surface area contributed by atoms with Gasteiger partial charge in [-0.15, -0.1) is 0 Å². The SMILES string of the molecule is COc1ccc(CCC(=O)N2CCC(N3C(=O)COC3=O)C2)c(OC)c1. The minimum atomic E-state index is -0.614. The zero-order valence-electron chi connectivity index (χ0n) is 14.9. The molecular weight excluding hydrogens is 340 g/mol. The van der Waals surface area contributed by atoms with Crippen LogP contribution in [-0.2, 0) is 20.7 Å². The highest BCUT2D eigenvalue weighted by atomic mass is 16.6. The van der Waals surface area contributed by atoms with E-state index in [2.05, 4.69) is 0 Å². The molecule has 0 spiro atoms. The number of hydrogen-bond donors (Lipinski definition) is 0. The average Bonchev–Trinajstić information content (AvgIpc) is 3.26. The number of likely N-dealkylation sites (tertiary alicyclic amines) is 1. The molecule has 1 unspecified atom stereocenters. The summed E-state index contributed by atoms with van der Waals surface area (Å²) >= 11 is 0. The largest absolute Gasteiger partial charge is 0.497 e. The quantitative estimate of drug-likeness (QED) is 0.756. The lowest BCUT2D eigenvalue weighted by Gasteiger charge is -2.20. The van der Waals surface area contributed by atoms with Crippen LogP contribution in [0, 0.1) is 0 Å². The summed E-state index contributed by atoms with van der Waals surface area (Å²) in [6.45, 7) is 0.681. The molecule has 2 saturated heterocycles. The van der Waals surface area contributed by atoms with Crippen molar-refractivity contribution in [2.24, 2.45) is 0 Å². The molecule has 2 aliphatic heterocycles. The lowest BCUT2D eigenvalue weighted by molar-refractivity contribution is -0.131. The number of rotatable bonds is 6. The number of ether oxygens (including phenoxy) is 3. The average molecular weight is 362 g/mol. The van der Waals surface area contributed by atoms with E-state index in [4.69, 9.17) is 14.2 Å². The van der Waals surface area contributed by atoms with Gasteiger partial charge in [-0.05, 0) is 24.5 Å². The lowest BCUT2D eigenvalue weighted by atomic mass is 10.1. The van der Waals surface area contributed by atoms with Crippen molar-refractivity contribution in [1.82, 2.24) is 9.80 Å². The second-order valence-corrected chi connectivity index (χ2v) is 6.28. The first-order valence-electron chi connectivity index (χ1n) is 8.51. The summed E-state index contributed by atoms with van der Waals surface area (Å²) in [7, 11) is 3.17. The molecule has 26 heavy (non-hydrogen) atoms. The number of benzene rings is 1. The van der Waals surface area contributed by atoms with Gasteiger partial charge < -0.3 is 19.1 Å². The maximum absolute atomic E-state index is 12.5. The number of imide groups is 1. The molecule has 0 radical (unpaired) electrons. The van der Waals surface area contributed by atoms with Crippen molar-refractivity contribution >= 4 is 17.9 Å². The van der Waals surface area contributed by atoms with E-state index in [0.29, 0.717) is 43.9 Å². The Bertz CT molecular complexity index is 704. The Kier molecular flexibility index (Phi) is 5.29. The molecule has 1 aromatic rings. The van der Waals surface area contributed by atoms with Crippen LogP contribution in [0.1, 0.15) is 18.4 Å². The fraction of sp³-hybridized carbons (Fsp3) is 0.500. The van der Waals surface area contributed by atoms with Crippen LogP contribution in [0.15, 0.2) is 18.2 Å². The summed E-state index contributed by atoms with van der Waals surface area (Å²) in [5.74, 6) is 1.03. The van der Waals surface area contributed by atoms with Gasteiger partial charge in [-0.1, -0.05) is 6.07 Å². The molecule has 2 aliphatic rings. The zero-order valence-corrected chi connectivity index (χ0v) is 14.9. The van der Waals surface area contributed by atoms with Crippen molar-refractivity contribution in [1.29, 1.82) is 0 Å². The highest BCUT2D eigenvalue weighted by Crippen LogP contribution is 2.26. The predicted molar refractivity (Wildman–Crippen MR) is 91.0 cm³/mol. The zero-order chi connectivity index (χ0) is 18.7. The molecule has 8 nitrogen and oxygen atoms in total. The number of aryl methyl sites for hydroxylation is 1. The molecule has 0 saturated carbocycles. The monoisotopic (exact) mass is 362 g/mol. The Morgan fingerprint density at radius 1 is 1.27 bits per heavy atom. The number of carbonyl (C=O) groups is 3. The van der Waals surface area contributed by atoms with E-state index >= 15 is 0 Å². The lowest BCUT2D eigenvalue weighted by Crippen LogP contribution is -2.42. The third kappa shape index (κ3) is 3.58. The van der Waals surface area contributed by atoms with Gasteiger partial charge in [0.1, 0.15) is 11.5 Å². The molecular formula is C18H22N2O6. The smallest absolute Gasteiger partial charge is 0.417 e. The number of cyclic esters (lactones) is 1. The molecule has 3 amide bonds. The molecule has 1 atom stereocenters. The summed E-state index contributed by atoms with van der Waals surface area (Å²) in [5, 5.41) is 0. The molecule has 0 N–H and O–H groups in total. The summed E-state index contributed by atoms with van der Waals surface area (Å²) in [5.41, 5.74) is 0.927. The maximum atomic E-state index is 12.5. The van der Waals surface area contributed by atoms with Crippen molar-refractivity contribution < 1.29 is 28.6 Å². The van der Waals surface area contributed by atoms with Crippen LogP contribution < -0.4 is 9.47 Å². The first-order valence-corrected chi connectivity index (χ1v) is 8.51. The fourth-order valence-electron chi connectivity index (χ4n) is 3.35. The number of hydrogen-bond acceptors (Lipinski definition) is 6. The van der Waals surface area contributed by atoms with Gasteiger partial charge in [-0.25, -0.2) is 9.69 Å². The van der Waals surface area contributed by atoms with Gasteiger partial charge in [-0.2, -0.15) is 0 Å². The van der Waals surface area contributed by atoms with Gasteiger partial charge in [-0.3, -0.25) is 9.59 Å². The molecule has 2 fully saturated rings. The summed E-state index contributed by atoms with van der Waals surface area (Å²) < 4.78 is 15.3. The number of carbonyl (C=O) groups excluding carboxylic acids is 3. The summed E-state index contributed by atoms with van der Waals surface area (Å²) in [6, 6.07) is 5.21. The van der Waals surface area contributed by atoms with Crippen LogP contribution in [0.4, 0.5) is 4.79 Å². The number of nitrogens with zero attached hydrogens (tertiary/aromatic N) is 2. The van der Waals surface area contributed by atoms with Crippen molar-refractivity contribution in [2.75, 3.05) is 33.9 Å². The summed E-state index contributed by atoms with van der Waals surface area (Å²) in [6.07, 6.45) is 0.835. The van der Waals surface area contributed by atoms with Gasteiger partial charge in [0, 0.05) is 25.6 Å². The molecule has 2 heterocycles. The Hall–Kier alpha value is -2.77. The van der Waals surface area contributed by atoms with Crippen molar-refractivity contribution in [2.45, 2.75) is 25.3 Å². The van der Waals surface area contributed by atoms with Crippen molar-refractivity contribution in [3.05, 3.63) is 23.8 Å². The highest BCUT2D eigenvalue weighted by molar-refractivity contribution is 5.98. The topological polar surface area (TPSA) is 85.4 Å². The Morgan fingerprint density at radius 3 is 2.73 bits per heavy atom. The Balaban J connectivity index is 1.56. The van der Waals surface area contributed by atoms with E-state index in [0.717, 1.165) is 10.5 Å². The van der Waals surface area contributed by atoms with E-state index in [1.54, 1.807) is 25.2 Å². The minimum absolute atomic E-state index is 0.00890. The third-order valence-corrected chi connectivity index (χ3v) is 4.77. The molecule has 3 rings (SSSR count). The number of methoxy groups -OCH3 is 2. The highest BCUT2D eigenvalue weighted by Gasteiger charge is 2.41. The normalized spacial score (nSPS) is 19.7. The van der Waals surface area contributed by atoms with E-state index in [1.165, 1.54) is 0 Å². The van der Waals surface area contributed by atoms with E-state index < -0.39 is 6.09 Å². The fourth-order valence-corrected chi connectivity index (χ4v) is 3.35. The van der Waals surface area contributed by atoms with Gasteiger partial charge in [0.25, 0.3) is 5.91 Å². The number of amides is 3. The molecule has 0 aliphatic carbocycles. The Morgan fingerprint density at radius 2 is 2.08 bits per heavy atom. The minimum Gasteiger partial charge on any atom is -0.497 e. The van der Waals surface area contributed by atoms with E-state index in [9.17, 15) is 14.4 Å². The Labute approximate surface area is 151 Å².